The Balaban J connectivity index is 1.98. The van der Waals surface area contributed by atoms with E-state index in [0.29, 0.717) is 0 Å². The highest BCUT2D eigenvalue weighted by Gasteiger charge is 2.33. The first-order chi connectivity index (χ1) is 5.79. The first-order valence-electron chi connectivity index (χ1n) is 5.20. The van der Waals surface area contributed by atoms with Gasteiger partial charge in [0, 0.05) is 12.1 Å². The molecule has 0 spiro atoms. The number of rotatable bonds is 2. The zero-order valence-electron chi connectivity index (χ0n) is 8.05. The third-order valence-corrected chi connectivity index (χ3v) is 3.41. The van der Waals surface area contributed by atoms with Crippen molar-refractivity contribution in [1.82, 2.24) is 4.90 Å². The summed E-state index contributed by atoms with van der Waals surface area (Å²) in [6.07, 6.45) is 7.05. The predicted octanol–water partition coefficient (Wildman–Crippen LogP) is 2.58. The fourth-order valence-corrected chi connectivity index (χ4v) is 2.47. The van der Waals surface area contributed by atoms with E-state index in [1.54, 1.807) is 0 Å². The fourth-order valence-electron chi connectivity index (χ4n) is 2.47. The van der Waals surface area contributed by atoms with Crippen LogP contribution in [0.4, 0.5) is 0 Å². The van der Waals surface area contributed by atoms with Crippen molar-refractivity contribution in [3.63, 3.8) is 0 Å². The Hall–Kier alpha value is -0.300. The summed E-state index contributed by atoms with van der Waals surface area (Å²) in [4.78, 5) is 2.69. The molecule has 1 heteroatoms. The lowest BCUT2D eigenvalue weighted by molar-refractivity contribution is 0.128. The molecule has 1 aliphatic heterocycles. The molecule has 1 unspecified atom stereocenters. The van der Waals surface area contributed by atoms with Gasteiger partial charge in [-0.3, -0.25) is 4.90 Å². The van der Waals surface area contributed by atoms with Gasteiger partial charge < -0.3 is 0 Å². The Morgan fingerprint density at radius 3 is 2.50 bits per heavy atom. The molecule has 2 aliphatic rings. The van der Waals surface area contributed by atoms with E-state index in [4.69, 9.17) is 0 Å². The van der Waals surface area contributed by atoms with Crippen molar-refractivity contribution < 1.29 is 0 Å². The van der Waals surface area contributed by atoms with Gasteiger partial charge in [0.1, 0.15) is 0 Å². The molecule has 1 aliphatic carbocycles. The zero-order chi connectivity index (χ0) is 8.55. The van der Waals surface area contributed by atoms with Crippen LogP contribution in [-0.4, -0.2) is 23.5 Å². The smallest absolute Gasteiger partial charge is 0.0305 e. The molecule has 2 fully saturated rings. The van der Waals surface area contributed by atoms with E-state index < -0.39 is 0 Å². The first kappa shape index (κ1) is 8.31. The largest absolute Gasteiger partial charge is 0.294 e. The Bertz CT molecular complexity index is 181. The minimum Gasteiger partial charge on any atom is -0.294 e. The van der Waals surface area contributed by atoms with E-state index in [2.05, 4.69) is 18.4 Å². The van der Waals surface area contributed by atoms with Gasteiger partial charge in [-0.25, -0.2) is 0 Å². The lowest BCUT2D eigenvalue weighted by Crippen LogP contribution is -2.43. The Morgan fingerprint density at radius 2 is 2.00 bits per heavy atom. The quantitative estimate of drug-likeness (QED) is 0.568. The number of nitrogens with zero attached hydrogens (tertiary/aromatic N) is 1. The van der Waals surface area contributed by atoms with Gasteiger partial charge in [0.2, 0.25) is 0 Å². The molecule has 0 radical (unpaired) electrons. The summed E-state index contributed by atoms with van der Waals surface area (Å²) < 4.78 is 0. The number of likely N-dealkylation sites (tertiary alicyclic amines) is 1. The summed E-state index contributed by atoms with van der Waals surface area (Å²) >= 11 is 0. The van der Waals surface area contributed by atoms with Crippen LogP contribution in [0.5, 0.6) is 0 Å². The van der Waals surface area contributed by atoms with Gasteiger partial charge in [-0.2, -0.15) is 0 Å². The molecule has 0 aromatic rings. The minimum absolute atomic E-state index is 0.718. The average Bonchev–Trinajstić information content (AvgIpc) is 2.31. The Labute approximate surface area is 75.4 Å². The van der Waals surface area contributed by atoms with Gasteiger partial charge in [0.15, 0.2) is 0 Å². The summed E-state index contributed by atoms with van der Waals surface area (Å²) in [5.74, 6) is 0. The van der Waals surface area contributed by atoms with Crippen LogP contribution in [-0.2, 0) is 0 Å². The normalized spacial score (nSPS) is 31.9. The van der Waals surface area contributed by atoms with E-state index >= 15 is 0 Å². The maximum atomic E-state index is 4.09. The van der Waals surface area contributed by atoms with Crippen molar-refractivity contribution in [2.24, 2.45) is 0 Å². The summed E-state index contributed by atoms with van der Waals surface area (Å²) in [5.41, 5.74) is 1.37. The van der Waals surface area contributed by atoms with Crippen molar-refractivity contribution in [3.8, 4) is 0 Å². The first-order valence-corrected chi connectivity index (χ1v) is 5.20. The summed E-state index contributed by atoms with van der Waals surface area (Å²) in [5, 5.41) is 0. The molecule has 1 atom stereocenters. The van der Waals surface area contributed by atoms with Gasteiger partial charge in [-0.1, -0.05) is 18.6 Å². The van der Waals surface area contributed by atoms with Crippen molar-refractivity contribution in [1.29, 1.82) is 0 Å². The molecule has 1 saturated carbocycles. The zero-order valence-corrected chi connectivity index (χ0v) is 8.05. The van der Waals surface area contributed by atoms with Gasteiger partial charge >= 0.3 is 0 Å². The van der Waals surface area contributed by atoms with Crippen molar-refractivity contribution in [3.05, 3.63) is 12.2 Å². The van der Waals surface area contributed by atoms with Crippen LogP contribution in [0.3, 0.4) is 0 Å². The third kappa shape index (κ3) is 1.31. The van der Waals surface area contributed by atoms with Crippen molar-refractivity contribution in [2.45, 2.75) is 51.1 Å². The van der Waals surface area contributed by atoms with Crippen LogP contribution in [0.25, 0.3) is 0 Å². The second kappa shape index (κ2) is 3.21. The van der Waals surface area contributed by atoms with Gasteiger partial charge in [0.25, 0.3) is 0 Å². The van der Waals surface area contributed by atoms with Gasteiger partial charge in [-0.15, -0.1) is 0 Å². The molecule has 1 heterocycles. The molecule has 1 nitrogen and oxygen atoms in total. The maximum absolute atomic E-state index is 4.09. The molecule has 12 heavy (non-hydrogen) atoms. The highest BCUT2D eigenvalue weighted by atomic mass is 15.2. The standard InChI is InChI=1S/C11H19N/c1-9(2)11-7-4-8-12(11)10-5-3-6-10/h10-11H,1,3-8H2,2H3. The molecule has 0 amide bonds. The highest BCUT2D eigenvalue weighted by Crippen LogP contribution is 2.33. The minimum atomic E-state index is 0.718. The van der Waals surface area contributed by atoms with Gasteiger partial charge in [0.05, 0.1) is 0 Å². The molecule has 0 aromatic heterocycles. The summed E-state index contributed by atoms with van der Waals surface area (Å²) in [6, 6.07) is 1.63. The Kier molecular flexibility index (Phi) is 2.22. The van der Waals surface area contributed by atoms with E-state index in [-0.39, 0.29) is 0 Å². The fraction of sp³-hybridized carbons (Fsp3) is 0.818. The molecule has 2 rings (SSSR count). The van der Waals surface area contributed by atoms with Crippen LogP contribution in [0.1, 0.15) is 39.0 Å². The lowest BCUT2D eigenvalue weighted by Gasteiger charge is -2.38. The monoisotopic (exact) mass is 165 g/mol. The Morgan fingerprint density at radius 1 is 1.25 bits per heavy atom. The average molecular weight is 165 g/mol. The third-order valence-electron chi connectivity index (χ3n) is 3.41. The second-order valence-electron chi connectivity index (χ2n) is 4.33. The molecular formula is C11H19N. The SMILES string of the molecule is C=C(C)C1CCCN1C1CCC1. The highest BCUT2D eigenvalue weighted by molar-refractivity contribution is 5.07. The molecule has 0 aromatic carbocycles. The lowest BCUT2D eigenvalue weighted by atomic mass is 9.90. The molecule has 0 N–H and O–H groups in total. The van der Waals surface area contributed by atoms with Gasteiger partial charge in [-0.05, 0) is 39.2 Å². The van der Waals surface area contributed by atoms with Crippen LogP contribution in [0, 0.1) is 0 Å². The van der Waals surface area contributed by atoms with Crippen molar-refractivity contribution in [2.75, 3.05) is 6.54 Å². The summed E-state index contributed by atoms with van der Waals surface area (Å²) in [6.45, 7) is 7.59. The van der Waals surface area contributed by atoms with Crippen LogP contribution >= 0.6 is 0 Å². The van der Waals surface area contributed by atoms with Crippen LogP contribution in [0.15, 0.2) is 12.2 Å². The summed E-state index contributed by atoms with van der Waals surface area (Å²) in [7, 11) is 0. The van der Waals surface area contributed by atoms with E-state index in [1.807, 2.05) is 0 Å². The van der Waals surface area contributed by atoms with E-state index in [0.717, 1.165) is 12.1 Å². The number of hydrogen-bond acceptors (Lipinski definition) is 1. The molecule has 68 valence electrons. The molecular weight excluding hydrogens is 146 g/mol. The molecule has 1 saturated heterocycles. The number of hydrogen-bond donors (Lipinski definition) is 0. The van der Waals surface area contributed by atoms with Crippen molar-refractivity contribution >= 4 is 0 Å². The predicted molar refractivity (Wildman–Crippen MR) is 52.2 cm³/mol. The second-order valence-corrected chi connectivity index (χ2v) is 4.33. The maximum Gasteiger partial charge on any atom is 0.0305 e. The van der Waals surface area contributed by atoms with Crippen LogP contribution < -0.4 is 0 Å². The van der Waals surface area contributed by atoms with E-state index in [9.17, 15) is 0 Å². The van der Waals surface area contributed by atoms with E-state index in [1.165, 1.54) is 44.2 Å². The molecule has 0 bridgehead atoms. The topological polar surface area (TPSA) is 3.24 Å². The van der Waals surface area contributed by atoms with Crippen LogP contribution in [0.2, 0.25) is 0 Å².